The number of aromatic nitrogens is 2. The number of nitrogens with one attached hydrogen (secondary N) is 1. The first kappa shape index (κ1) is 21.9. The predicted octanol–water partition coefficient (Wildman–Crippen LogP) is 5.52. The van der Waals surface area contributed by atoms with Gasteiger partial charge in [-0.1, -0.05) is 36.4 Å². The minimum absolute atomic E-state index is 0.179. The van der Waals surface area contributed by atoms with Crippen LogP contribution in [0, 0.1) is 11.3 Å². The molecule has 0 unspecified atom stereocenters. The molecule has 1 N–H and O–H groups in total. The molecule has 2 aromatic heterocycles. The number of hydrogen-bond donors (Lipinski definition) is 1. The van der Waals surface area contributed by atoms with Crippen LogP contribution < -0.4 is 15.0 Å². The summed E-state index contributed by atoms with van der Waals surface area (Å²) in [5.41, 5.74) is 3.02. The highest BCUT2D eigenvalue weighted by atomic mass is 32.1. The van der Waals surface area contributed by atoms with Crippen molar-refractivity contribution in [1.82, 2.24) is 9.97 Å². The molecule has 4 aromatic rings. The second kappa shape index (κ2) is 9.54. The molecule has 2 aromatic carbocycles. The van der Waals surface area contributed by atoms with Gasteiger partial charge in [0.1, 0.15) is 17.5 Å². The molecule has 2 heterocycles. The molecule has 0 atom stereocenters. The van der Waals surface area contributed by atoms with Crippen molar-refractivity contribution in [3.8, 4) is 17.6 Å². The molecule has 7 heteroatoms. The molecule has 170 valence electrons. The largest absolute Gasteiger partial charge is 0.493 e. The number of thiophene rings is 1. The van der Waals surface area contributed by atoms with E-state index in [1.807, 2.05) is 42.5 Å². The fraction of sp³-hybridized carbons (Fsp3) is 0.222. The third kappa shape index (κ3) is 4.33. The van der Waals surface area contributed by atoms with Gasteiger partial charge in [0, 0.05) is 4.88 Å². The van der Waals surface area contributed by atoms with Gasteiger partial charge in [0.05, 0.1) is 18.1 Å². The minimum Gasteiger partial charge on any atom is -0.493 e. The van der Waals surface area contributed by atoms with Crippen LogP contribution in [0.25, 0.3) is 21.9 Å². The average Bonchev–Trinajstić information content (AvgIpc) is 3.25. The molecule has 0 bridgehead atoms. The quantitative estimate of drug-likeness (QED) is 0.376. The van der Waals surface area contributed by atoms with Crippen molar-refractivity contribution in [2.24, 2.45) is 0 Å². The van der Waals surface area contributed by atoms with Gasteiger partial charge in [-0.25, -0.2) is 4.98 Å². The SMILES string of the molecule is COc1ccc(/C=C(\C#N)c2nc3sc4c(c3c(=O)[nH]2)CCCC4)cc1OCc1ccccc1. The maximum absolute atomic E-state index is 12.9. The van der Waals surface area contributed by atoms with Gasteiger partial charge in [0.15, 0.2) is 17.3 Å². The number of aromatic amines is 1. The summed E-state index contributed by atoms with van der Waals surface area (Å²) in [7, 11) is 1.59. The molecule has 1 aliphatic carbocycles. The van der Waals surface area contributed by atoms with Crippen molar-refractivity contribution in [2.45, 2.75) is 32.3 Å². The Morgan fingerprint density at radius 3 is 2.79 bits per heavy atom. The highest BCUT2D eigenvalue weighted by Gasteiger charge is 2.20. The monoisotopic (exact) mass is 469 g/mol. The highest BCUT2D eigenvalue weighted by Crippen LogP contribution is 2.34. The Morgan fingerprint density at radius 1 is 1.18 bits per heavy atom. The second-order valence-electron chi connectivity index (χ2n) is 8.16. The lowest BCUT2D eigenvalue weighted by atomic mass is 9.97. The van der Waals surface area contributed by atoms with Crippen LogP contribution in [0.1, 0.15) is 40.2 Å². The number of rotatable bonds is 6. The lowest BCUT2D eigenvalue weighted by molar-refractivity contribution is 0.284. The summed E-state index contributed by atoms with van der Waals surface area (Å²) in [4.78, 5) is 22.3. The van der Waals surface area contributed by atoms with Crippen molar-refractivity contribution in [2.75, 3.05) is 7.11 Å². The van der Waals surface area contributed by atoms with Gasteiger partial charge in [-0.15, -0.1) is 11.3 Å². The highest BCUT2D eigenvalue weighted by molar-refractivity contribution is 7.18. The number of ether oxygens (including phenoxy) is 2. The zero-order valence-corrected chi connectivity index (χ0v) is 19.6. The summed E-state index contributed by atoms with van der Waals surface area (Å²) >= 11 is 1.57. The number of hydrogen-bond acceptors (Lipinski definition) is 6. The lowest BCUT2D eigenvalue weighted by Gasteiger charge is -2.12. The summed E-state index contributed by atoms with van der Waals surface area (Å²) in [6, 6.07) is 17.5. The normalized spacial score (nSPS) is 13.4. The van der Waals surface area contributed by atoms with E-state index in [4.69, 9.17) is 9.47 Å². The van der Waals surface area contributed by atoms with Crippen LogP contribution in [-0.4, -0.2) is 17.1 Å². The van der Waals surface area contributed by atoms with Gasteiger partial charge in [-0.05, 0) is 60.6 Å². The first-order chi connectivity index (χ1) is 16.7. The molecule has 34 heavy (non-hydrogen) atoms. The molecular formula is C27H23N3O3S. The van der Waals surface area contributed by atoms with Crippen molar-refractivity contribution in [1.29, 1.82) is 5.26 Å². The molecule has 5 rings (SSSR count). The second-order valence-corrected chi connectivity index (χ2v) is 9.24. The van der Waals surface area contributed by atoms with E-state index in [1.54, 1.807) is 30.6 Å². The topological polar surface area (TPSA) is 88.0 Å². The van der Waals surface area contributed by atoms with Crippen LogP contribution in [0.15, 0.2) is 53.3 Å². The number of fused-ring (bicyclic) bond motifs is 3. The maximum Gasteiger partial charge on any atom is 0.260 e. The number of nitrogens with zero attached hydrogens (tertiary/aromatic N) is 2. The fourth-order valence-electron chi connectivity index (χ4n) is 4.24. The average molecular weight is 470 g/mol. The van der Waals surface area contributed by atoms with E-state index in [9.17, 15) is 10.1 Å². The Hall–Kier alpha value is -3.89. The number of allylic oxidation sites excluding steroid dienone is 1. The summed E-state index contributed by atoms with van der Waals surface area (Å²) in [6.45, 7) is 0.393. The predicted molar refractivity (Wildman–Crippen MR) is 134 cm³/mol. The van der Waals surface area contributed by atoms with E-state index in [0.29, 0.717) is 28.3 Å². The van der Waals surface area contributed by atoms with Gasteiger partial charge in [0.25, 0.3) is 5.56 Å². The van der Waals surface area contributed by atoms with Crippen LogP contribution in [0.2, 0.25) is 0 Å². The Labute approximate surface area is 201 Å². The standard InChI is InChI=1S/C27H23N3O3S/c1-32-21-12-11-18(14-22(21)33-16-17-7-3-2-4-8-17)13-19(15-28)25-29-26(31)24-20-9-5-6-10-23(20)34-27(24)30-25/h2-4,7-8,11-14H,5-6,9-10,16H2,1H3,(H,29,30,31)/b19-13+. The van der Waals surface area contributed by atoms with E-state index in [1.165, 1.54) is 4.88 Å². The van der Waals surface area contributed by atoms with E-state index >= 15 is 0 Å². The molecule has 0 aliphatic heterocycles. The number of methoxy groups -OCH3 is 1. The van der Waals surface area contributed by atoms with Gasteiger partial charge in [-0.3, -0.25) is 4.79 Å². The molecule has 0 saturated heterocycles. The van der Waals surface area contributed by atoms with Crippen LogP contribution in [0.3, 0.4) is 0 Å². The lowest BCUT2D eigenvalue weighted by Crippen LogP contribution is -2.12. The number of aryl methyl sites for hydroxylation is 2. The molecule has 0 amide bonds. The minimum atomic E-state index is -0.179. The van der Waals surface area contributed by atoms with Crippen LogP contribution in [0.5, 0.6) is 11.5 Å². The van der Waals surface area contributed by atoms with Gasteiger partial charge >= 0.3 is 0 Å². The summed E-state index contributed by atoms with van der Waals surface area (Å²) in [6.07, 6.45) is 5.84. The first-order valence-corrected chi connectivity index (χ1v) is 12.0. The zero-order chi connectivity index (χ0) is 23.5. The molecule has 0 fully saturated rings. The van der Waals surface area contributed by atoms with Gasteiger partial charge in [0.2, 0.25) is 0 Å². The molecule has 1 aliphatic rings. The van der Waals surface area contributed by atoms with Gasteiger partial charge in [-0.2, -0.15) is 5.26 Å². The molecular weight excluding hydrogens is 446 g/mol. The van der Waals surface area contributed by atoms with Crippen LogP contribution >= 0.6 is 11.3 Å². The Morgan fingerprint density at radius 2 is 2.00 bits per heavy atom. The smallest absolute Gasteiger partial charge is 0.260 e. The third-order valence-electron chi connectivity index (χ3n) is 5.94. The zero-order valence-electron chi connectivity index (χ0n) is 18.8. The van der Waals surface area contributed by atoms with E-state index in [2.05, 4.69) is 16.0 Å². The van der Waals surface area contributed by atoms with Crippen molar-refractivity contribution >= 4 is 33.2 Å². The number of H-pyrrole nitrogens is 1. The first-order valence-electron chi connectivity index (χ1n) is 11.2. The van der Waals surface area contributed by atoms with Crippen LogP contribution in [-0.2, 0) is 19.4 Å². The molecule has 0 saturated carbocycles. The Balaban J connectivity index is 1.49. The van der Waals surface area contributed by atoms with Crippen LogP contribution in [0.4, 0.5) is 0 Å². The van der Waals surface area contributed by atoms with Crippen molar-refractivity contribution in [3.63, 3.8) is 0 Å². The Bertz CT molecular complexity index is 1480. The van der Waals surface area contributed by atoms with E-state index < -0.39 is 0 Å². The summed E-state index contributed by atoms with van der Waals surface area (Å²) < 4.78 is 11.4. The van der Waals surface area contributed by atoms with E-state index in [-0.39, 0.29) is 17.0 Å². The molecule has 6 nitrogen and oxygen atoms in total. The summed E-state index contributed by atoms with van der Waals surface area (Å²) in [5.74, 6) is 1.45. The molecule has 0 spiro atoms. The number of nitriles is 1. The van der Waals surface area contributed by atoms with Crippen molar-refractivity contribution < 1.29 is 9.47 Å². The van der Waals surface area contributed by atoms with Gasteiger partial charge < -0.3 is 14.5 Å². The van der Waals surface area contributed by atoms with E-state index in [0.717, 1.165) is 42.4 Å². The molecule has 0 radical (unpaired) electrons. The summed E-state index contributed by atoms with van der Waals surface area (Å²) in [5, 5.41) is 10.5. The van der Waals surface area contributed by atoms with Crippen molar-refractivity contribution in [3.05, 3.63) is 86.3 Å². The fourth-order valence-corrected chi connectivity index (χ4v) is 5.50. The third-order valence-corrected chi connectivity index (χ3v) is 7.12. The number of benzene rings is 2. The Kier molecular flexibility index (Phi) is 6.15. The maximum atomic E-state index is 12.9.